The number of aliphatic imine (C=N–C) groups is 1. The van der Waals surface area contributed by atoms with E-state index in [2.05, 4.69) is 48.4 Å². The van der Waals surface area contributed by atoms with E-state index in [0.29, 0.717) is 6.54 Å². The second-order valence-corrected chi connectivity index (χ2v) is 6.52. The monoisotopic (exact) mass is 363 g/mol. The largest absolute Gasteiger partial charge is 0.357 e. The van der Waals surface area contributed by atoms with E-state index in [4.69, 9.17) is 4.99 Å². The molecule has 3 rings (SSSR count). The van der Waals surface area contributed by atoms with Gasteiger partial charge in [0.2, 0.25) is 5.13 Å². The summed E-state index contributed by atoms with van der Waals surface area (Å²) < 4.78 is 6.14. The average Bonchev–Trinajstić information content (AvgIpc) is 3.28. The zero-order valence-electron chi connectivity index (χ0n) is 15.0. The Labute approximate surface area is 152 Å². The lowest BCUT2D eigenvalue weighted by Gasteiger charge is -2.36. The number of nitrogens with one attached hydrogen (secondary N) is 1. The quantitative estimate of drug-likeness (QED) is 0.612. The molecule has 0 aliphatic carbocycles. The predicted molar refractivity (Wildman–Crippen MR) is 98.9 cm³/mol. The van der Waals surface area contributed by atoms with Gasteiger partial charge in [0.1, 0.15) is 24.5 Å². The van der Waals surface area contributed by atoms with Crippen molar-refractivity contribution in [1.82, 2.24) is 34.3 Å². The van der Waals surface area contributed by atoms with Gasteiger partial charge in [0, 0.05) is 57.7 Å². The van der Waals surface area contributed by atoms with Crippen molar-refractivity contribution in [1.29, 1.82) is 0 Å². The van der Waals surface area contributed by atoms with Gasteiger partial charge in [-0.3, -0.25) is 4.68 Å². The highest BCUT2D eigenvalue weighted by atomic mass is 32.1. The van der Waals surface area contributed by atoms with Gasteiger partial charge < -0.3 is 15.1 Å². The normalized spacial score (nSPS) is 15.7. The van der Waals surface area contributed by atoms with Crippen LogP contribution in [0.5, 0.6) is 0 Å². The van der Waals surface area contributed by atoms with E-state index in [1.54, 1.807) is 11.0 Å². The molecule has 0 unspecified atom stereocenters. The molecule has 1 aliphatic heterocycles. The molecule has 0 atom stereocenters. The van der Waals surface area contributed by atoms with Gasteiger partial charge in [-0.25, -0.2) is 15.0 Å². The molecule has 2 aromatic rings. The van der Waals surface area contributed by atoms with Crippen molar-refractivity contribution in [3.63, 3.8) is 0 Å². The Hall–Kier alpha value is -2.23. The van der Waals surface area contributed by atoms with E-state index in [0.717, 1.165) is 61.9 Å². The van der Waals surface area contributed by atoms with Crippen molar-refractivity contribution in [3.05, 3.63) is 18.0 Å². The Balaban J connectivity index is 1.61. The third kappa shape index (κ3) is 4.25. The number of piperazine rings is 1. The van der Waals surface area contributed by atoms with Crippen LogP contribution < -0.4 is 10.2 Å². The van der Waals surface area contributed by atoms with Crippen LogP contribution in [0.1, 0.15) is 25.5 Å². The molecule has 25 heavy (non-hydrogen) atoms. The Morgan fingerprint density at radius 3 is 2.68 bits per heavy atom. The second kappa shape index (κ2) is 8.24. The van der Waals surface area contributed by atoms with Crippen LogP contribution in [0.25, 0.3) is 0 Å². The molecule has 0 aromatic carbocycles. The molecular weight excluding hydrogens is 338 g/mol. The van der Waals surface area contributed by atoms with Crippen LogP contribution in [-0.4, -0.2) is 67.7 Å². The van der Waals surface area contributed by atoms with Crippen molar-refractivity contribution in [3.8, 4) is 0 Å². The summed E-state index contributed by atoms with van der Waals surface area (Å²) in [5.74, 6) is 2.72. The summed E-state index contributed by atoms with van der Waals surface area (Å²) in [4.78, 5) is 18.1. The first-order chi connectivity index (χ1) is 12.2. The first kappa shape index (κ1) is 17.6. The molecule has 10 heteroatoms. The van der Waals surface area contributed by atoms with E-state index in [1.165, 1.54) is 11.5 Å². The zero-order chi connectivity index (χ0) is 17.6. The maximum atomic E-state index is 4.72. The smallest absolute Gasteiger partial charge is 0.205 e. The van der Waals surface area contributed by atoms with Gasteiger partial charge in [-0.1, -0.05) is 6.92 Å². The molecule has 0 bridgehead atoms. The maximum Gasteiger partial charge on any atom is 0.205 e. The van der Waals surface area contributed by atoms with E-state index < -0.39 is 0 Å². The van der Waals surface area contributed by atoms with Gasteiger partial charge in [-0.05, 0) is 6.92 Å². The fourth-order valence-corrected chi connectivity index (χ4v) is 3.46. The molecule has 2 aromatic heterocycles. The number of aryl methyl sites for hydroxylation is 2. The standard InChI is InChI=1S/C15H25N9S/c1-4-12-20-15(25-21-12)24-8-6-23(7-9-24)14(16-5-2)17-10-13-18-11-19-22(13)3/h11H,4-10H2,1-3H3,(H,16,17). The first-order valence-electron chi connectivity index (χ1n) is 8.65. The molecule has 0 saturated carbocycles. The van der Waals surface area contributed by atoms with Crippen LogP contribution in [-0.2, 0) is 20.0 Å². The average molecular weight is 363 g/mol. The van der Waals surface area contributed by atoms with Gasteiger partial charge in [0.15, 0.2) is 5.96 Å². The number of nitrogens with zero attached hydrogens (tertiary/aromatic N) is 8. The molecule has 9 nitrogen and oxygen atoms in total. The molecule has 0 radical (unpaired) electrons. The summed E-state index contributed by atoms with van der Waals surface area (Å²) in [6.07, 6.45) is 2.44. The Kier molecular flexibility index (Phi) is 5.79. The van der Waals surface area contributed by atoms with Crippen molar-refractivity contribution in [2.75, 3.05) is 37.6 Å². The molecule has 1 saturated heterocycles. The second-order valence-electron chi connectivity index (χ2n) is 5.79. The Morgan fingerprint density at radius 2 is 2.08 bits per heavy atom. The van der Waals surface area contributed by atoms with Crippen molar-refractivity contribution < 1.29 is 0 Å². The minimum absolute atomic E-state index is 0.523. The van der Waals surface area contributed by atoms with Crippen LogP contribution in [0.4, 0.5) is 5.13 Å². The van der Waals surface area contributed by atoms with Gasteiger partial charge in [-0.2, -0.15) is 9.47 Å². The minimum Gasteiger partial charge on any atom is -0.357 e. The molecule has 1 N–H and O–H groups in total. The van der Waals surface area contributed by atoms with Crippen LogP contribution in [0.15, 0.2) is 11.3 Å². The highest BCUT2D eigenvalue weighted by Gasteiger charge is 2.22. The van der Waals surface area contributed by atoms with Crippen molar-refractivity contribution in [2.24, 2.45) is 12.0 Å². The van der Waals surface area contributed by atoms with E-state index in [-0.39, 0.29) is 0 Å². The number of guanidine groups is 1. The van der Waals surface area contributed by atoms with Crippen LogP contribution >= 0.6 is 11.5 Å². The number of anilines is 1. The lowest BCUT2D eigenvalue weighted by molar-refractivity contribution is 0.372. The predicted octanol–water partition coefficient (Wildman–Crippen LogP) is 0.517. The van der Waals surface area contributed by atoms with Gasteiger partial charge in [-0.15, -0.1) is 0 Å². The third-order valence-electron chi connectivity index (χ3n) is 4.13. The third-order valence-corrected chi connectivity index (χ3v) is 4.95. The summed E-state index contributed by atoms with van der Waals surface area (Å²) >= 11 is 1.49. The molecule has 3 heterocycles. The summed E-state index contributed by atoms with van der Waals surface area (Å²) in [7, 11) is 1.89. The SMILES string of the molecule is CCNC(=NCc1ncnn1C)N1CCN(c2nc(CC)ns2)CC1. The Bertz CT molecular complexity index is 699. The van der Waals surface area contributed by atoms with Gasteiger partial charge >= 0.3 is 0 Å². The lowest BCUT2D eigenvalue weighted by Crippen LogP contribution is -2.52. The molecule has 0 amide bonds. The van der Waals surface area contributed by atoms with Crippen molar-refractivity contribution in [2.45, 2.75) is 26.8 Å². The number of hydrogen-bond acceptors (Lipinski definition) is 7. The van der Waals surface area contributed by atoms with Crippen LogP contribution in [0, 0.1) is 0 Å². The summed E-state index contributed by atoms with van der Waals surface area (Å²) in [5, 5.41) is 8.49. The molecule has 1 aliphatic rings. The van der Waals surface area contributed by atoms with E-state index in [9.17, 15) is 0 Å². The van der Waals surface area contributed by atoms with Gasteiger partial charge in [0.05, 0.1) is 0 Å². The first-order valence-corrected chi connectivity index (χ1v) is 9.42. The summed E-state index contributed by atoms with van der Waals surface area (Å²) in [6, 6.07) is 0. The number of rotatable bonds is 5. The molecule has 1 fully saturated rings. The maximum absolute atomic E-state index is 4.72. The minimum atomic E-state index is 0.523. The number of aromatic nitrogens is 5. The Morgan fingerprint density at radius 1 is 1.28 bits per heavy atom. The van der Waals surface area contributed by atoms with E-state index in [1.807, 2.05) is 7.05 Å². The van der Waals surface area contributed by atoms with Crippen LogP contribution in [0.3, 0.4) is 0 Å². The highest BCUT2D eigenvalue weighted by molar-refractivity contribution is 7.09. The lowest BCUT2D eigenvalue weighted by atomic mass is 10.3. The summed E-state index contributed by atoms with van der Waals surface area (Å²) in [5.41, 5.74) is 0. The van der Waals surface area contributed by atoms with Crippen molar-refractivity contribution >= 4 is 22.6 Å². The zero-order valence-corrected chi connectivity index (χ0v) is 15.8. The van der Waals surface area contributed by atoms with Gasteiger partial charge in [0.25, 0.3) is 0 Å². The summed E-state index contributed by atoms with van der Waals surface area (Å²) in [6.45, 7) is 9.20. The van der Waals surface area contributed by atoms with Crippen LogP contribution in [0.2, 0.25) is 0 Å². The topological polar surface area (TPSA) is 87.4 Å². The van der Waals surface area contributed by atoms with E-state index >= 15 is 0 Å². The fraction of sp³-hybridized carbons (Fsp3) is 0.667. The highest BCUT2D eigenvalue weighted by Crippen LogP contribution is 2.19. The molecule has 136 valence electrons. The molecule has 0 spiro atoms. The molecular formula is C15H25N9S. The fourth-order valence-electron chi connectivity index (χ4n) is 2.66. The number of hydrogen-bond donors (Lipinski definition) is 1.